The molecule has 138 valence electrons. The molecule has 1 saturated heterocycles. The van der Waals surface area contributed by atoms with Crippen LogP contribution in [0.5, 0.6) is 0 Å². The summed E-state index contributed by atoms with van der Waals surface area (Å²) in [7, 11) is 0. The number of nitrogens with two attached hydrogens (primary N) is 1. The summed E-state index contributed by atoms with van der Waals surface area (Å²) in [6.07, 6.45) is 4.71. The summed E-state index contributed by atoms with van der Waals surface area (Å²) in [4.78, 5) is 26.7. The topological polar surface area (TPSA) is 75.4 Å². The van der Waals surface area contributed by atoms with Crippen molar-refractivity contribution in [2.24, 2.45) is 17.6 Å². The van der Waals surface area contributed by atoms with Crippen molar-refractivity contribution < 1.29 is 9.59 Å². The van der Waals surface area contributed by atoms with Gasteiger partial charge in [0.05, 0.1) is 12.0 Å². The molecule has 2 amide bonds. The maximum absolute atomic E-state index is 12.6. The Hall–Kier alpha value is -1.59. The van der Waals surface area contributed by atoms with Gasteiger partial charge in [0.25, 0.3) is 0 Å². The molecule has 3 rings (SSSR count). The van der Waals surface area contributed by atoms with E-state index in [0.717, 1.165) is 24.9 Å². The van der Waals surface area contributed by atoms with Gasteiger partial charge >= 0.3 is 0 Å². The SMILES string of the molecule is Cl.NC(Cc1ccccc1)C(=O)N1CCCC(C(=O)NCC2CC2)C1. The minimum absolute atomic E-state index is 0. The van der Waals surface area contributed by atoms with Gasteiger partial charge in [-0.1, -0.05) is 30.3 Å². The van der Waals surface area contributed by atoms with Gasteiger partial charge in [0, 0.05) is 19.6 Å². The summed E-state index contributed by atoms with van der Waals surface area (Å²) >= 11 is 0. The lowest BCUT2D eigenvalue weighted by atomic mass is 9.96. The van der Waals surface area contributed by atoms with Gasteiger partial charge in [-0.15, -0.1) is 12.4 Å². The number of halogens is 1. The lowest BCUT2D eigenvalue weighted by Gasteiger charge is -2.33. The summed E-state index contributed by atoms with van der Waals surface area (Å²) in [6.45, 7) is 1.99. The largest absolute Gasteiger partial charge is 0.356 e. The van der Waals surface area contributed by atoms with Crippen LogP contribution < -0.4 is 11.1 Å². The van der Waals surface area contributed by atoms with E-state index in [4.69, 9.17) is 5.73 Å². The first kappa shape index (κ1) is 19.7. The Balaban J connectivity index is 0.00000225. The van der Waals surface area contributed by atoms with Crippen LogP contribution in [0.15, 0.2) is 30.3 Å². The predicted molar refractivity (Wildman–Crippen MR) is 100 cm³/mol. The summed E-state index contributed by atoms with van der Waals surface area (Å²) in [5.74, 6) is 0.634. The van der Waals surface area contributed by atoms with Gasteiger partial charge in [0.1, 0.15) is 0 Å². The van der Waals surface area contributed by atoms with E-state index < -0.39 is 6.04 Å². The normalized spacial score (nSPS) is 21.2. The first-order valence-corrected chi connectivity index (χ1v) is 8.99. The lowest BCUT2D eigenvalue weighted by molar-refractivity contribution is -0.136. The van der Waals surface area contributed by atoms with E-state index in [2.05, 4.69) is 5.32 Å². The minimum atomic E-state index is -0.541. The Morgan fingerprint density at radius 2 is 1.92 bits per heavy atom. The van der Waals surface area contributed by atoms with Crippen molar-refractivity contribution in [3.8, 4) is 0 Å². The molecule has 2 fully saturated rings. The average molecular weight is 366 g/mol. The number of rotatable bonds is 6. The third kappa shape index (κ3) is 5.72. The predicted octanol–water partition coefficient (Wildman–Crippen LogP) is 1.74. The van der Waals surface area contributed by atoms with Crippen LogP contribution in [-0.2, 0) is 16.0 Å². The zero-order valence-corrected chi connectivity index (χ0v) is 15.3. The van der Waals surface area contributed by atoms with Crippen LogP contribution in [0.2, 0.25) is 0 Å². The monoisotopic (exact) mass is 365 g/mol. The van der Waals surface area contributed by atoms with Crippen LogP contribution in [0.3, 0.4) is 0 Å². The standard InChI is InChI=1S/C19H27N3O2.ClH/c20-17(11-14-5-2-1-3-6-14)19(24)22-10-4-7-16(13-22)18(23)21-12-15-8-9-15;/h1-3,5-6,15-17H,4,7-13,20H2,(H,21,23);1H. The molecule has 0 spiro atoms. The fourth-order valence-corrected chi connectivity index (χ4v) is 3.29. The number of benzene rings is 1. The summed E-state index contributed by atoms with van der Waals surface area (Å²) in [6, 6.07) is 9.28. The molecule has 0 bridgehead atoms. The van der Waals surface area contributed by atoms with Crippen LogP contribution in [0, 0.1) is 11.8 Å². The molecule has 3 N–H and O–H groups in total. The van der Waals surface area contributed by atoms with E-state index in [9.17, 15) is 9.59 Å². The molecule has 0 radical (unpaired) electrons. The van der Waals surface area contributed by atoms with Gasteiger partial charge in [-0.05, 0) is 43.6 Å². The quantitative estimate of drug-likeness (QED) is 0.806. The van der Waals surface area contributed by atoms with E-state index >= 15 is 0 Å². The molecule has 2 unspecified atom stereocenters. The van der Waals surface area contributed by atoms with E-state index in [1.54, 1.807) is 4.90 Å². The van der Waals surface area contributed by atoms with Gasteiger partial charge < -0.3 is 16.0 Å². The van der Waals surface area contributed by atoms with Gasteiger partial charge in [0.15, 0.2) is 0 Å². The highest BCUT2D eigenvalue weighted by molar-refractivity contribution is 5.85. The summed E-state index contributed by atoms with van der Waals surface area (Å²) < 4.78 is 0. The number of nitrogens with zero attached hydrogens (tertiary/aromatic N) is 1. The van der Waals surface area contributed by atoms with Crippen molar-refractivity contribution in [2.45, 2.75) is 38.1 Å². The Morgan fingerprint density at radius 1 is 1.20 bits per heavy atom. The van der Waals surface area contributed by atoms with Gasteiger partial charge in [-0.3, -0.25) is 9.59 Å². The van der Waals surface area contributed by atoms with Crippen molar-refractivity contribution in [3.63, 3.8) is 0 Å². The first-order chi connectivity index (χ1) is 11.6. The van der Waals surface area contributed by atoms with E-state index in [0.29, 0.717) is 25.4 Å². The second-order valence-corrected chi connectivity index (χ2v) is 7.11. The molecular weight excluding hydrogens is 338 g/mol. The third-order valence-electron chi connectivity index (χ3n) is 4.98. The Labute approximate surface area is 155 Å². The average Bonchev–Trinajstić information content (AvgIpc) is 3.44. The zero-order valence-electron chi connectivity index (χ0n) is 14.5. The fraction of sp³-hybridized carbons (Fsp3) is 0.579. The number of piperidine rings is 1. The Kier molecular flexibility index (Phi) is 7.26. The second-order valence-electron chi connectivity index (χ2n) is 7.11. The molecule has 2 aliphatic rings. The number of carbonyl (C=O) groups excluding carboxylic acids is 2. The lowest BCUT2D eigenvalue weighted by Crippen LogP contribution is -2.51. The van der Waals surface area contributed by atoms with Crippen molar-refractivity contribution >= 4 is 24.2 Å². The van der Waals surface area contributed by atoms with Crippen molar-refractivity contribution in [1.29, 1.82) is 0 Å². The number of carbonyl (C=O) groups is 2. The molecule has 25 heavy (non-hydrogen) atoms. The molecule has 5 nitrogen and oxygen atoms in total. The number of nitrogens with one attached hydrogen (secondary N) is 1. The van der Waals surface area contributed by atoms with Gasteiger partial charge in [0.2, 0.25) is 11.8 Å². The van der Waals surface area contributed by atoms with E-state index in [1.807, 2.05) is 30.3 Å². The molecule has 1 aliphatic heterocycles. The molecule has 1 heterocycles. The van der Waals surface area contributed by atoms with Crippen LogP contribution in [-0.4, -0.2) is 42.4 Å². The van der Waals surface area contributed by atoms with Crippen LogP contribution in [0.4, 0.5) is 0 Å². The van der Waals surface area contributed by atoms with Crippen molar-refractivity contribution in [2.75, 3.05) is 19.6 Å². The maximum Gasteiger partial charge on any atom is 0.239 e. The highest BCUT2D eigenvalue weighted by Crippen LogP contribution is 2.28. The molecule has 1 aliphatic carbocycles. The Morgan fingerprint density at radius 3 is 2.60 bits per heavy atom. The number of hydrogen-bond acceptors (Lipinski definition) is 3. The highest BCUT2D eigenvalue weighted by Gasteiger charge is 2.31. The molecule has 6 heteroatoms. The summed E-state index contributed by atoms with van der Waals surface area (Å²) in [5, 5.41) is 3.03. The van der Waals surface area contributed by atoms with Crippen molar-refractivity contribution in [3.05, 3.63) is 35.9 Å². The first-order valence-electron chi connectivity index (χ1n) is 8.99. The molecule has 2 atom stereocenters. The fourth-order valence-electron chi connectivity index (χ4n) is 3.29. The van der Waals surface area contributed by atoms with E-state index in [1.165, 1.54) is 12.8 Å². The molecular formula is C19H28ClN3O2. The van der Waals surface area contributed by atoms with Crippen molar-refractivity contribution in [1.82, 2.24) is 10.2 Å². The minimum Gasteiger partial charge on any atom is -0.356 e. The second kappa shape index (κ2) is 9.20. The summed E-state index contributed by atoms with van der Waals surface area (Å²) in [5.41, 5.74) is 7.18. The molecule has 1 aromatic rings. The highest BCUT2D eigenvalue weighted by atomic mass is 35.5. The number of hydrogen-bond donors (Lipinski definition) is 2. The third-order valence-corrected chi connectivity index (χ3v) is 4.98. The number of amides is 2. The molecule has 1 saturated carbocycles. The van der Waals surface area contributed by atoms with Crippen LogP contribution >= 0.6 is 12.4 Å². The smallest absolute Gasteiger partial charge is 0.239 e. The number of likely N-dealkylation sites (tertiary alicyclic amines) is 1. The zero-order chi connectivity index (χ0) is 16.9. The van der Waals surface area contributed by atoms with Gasteiger partial charge in [-0.25, -0.2) is 0 Å². The van der Waals surface area contributed by atoms with Crippen LogP contribution in [0.1, 0.15) is 31.2 Å². The van der Waals surface area contributed by atoms with Gasteiger partial charge in [-0.2, -0.15) is 0 Å². The maximum atomic E-state index is 12.6. The molecule has 1 aromatic carbocycles. The van der Waals surface area contributed by atoms with E-state index in [-0.39, 0.29) is 30.1 Å². The van der Waals surface area contributed by atoms with Crippen LogP contribution in [0.25, 0.3) is 0 Å². The Bertz CT molecular complexity index is 577. The molecule has 0 aromatic heterocycles.